The molecule has 0 spiro atoms. The summed E-state index contributed by atoms with van der Waals surface area (Å²) in [5.74, 6) is -0.414. The highest BCUT2D eigenvalue weighted by Gasteiger charge is 2.35. The van der Waals surface area contributed by atoms with E-state index < -0.39 is 27.0 Å². The van der Waals surface area contributed by atoms with Crippen LogP contribution in [0.25, 0.3) is 0 Å². The third kappa shape index (κ3) is 4.90. The van der Waals surface area contributed by atoms with Crippen LogP contribution in [0, 0.1) is 0 Å². The minimum atomic E-state index is -5.01. The van der Waals surface area contributed by atoms with Crippen molar-refractivity contribution >= 4 is 21.4 Å². The predicted molar refractivity (Wildman–Crippen MR) is 92.6 cm³/mol. The molecule has 1 aromatic carbocycles. The Bertz CT molecular complexity index is 932. The summed E-state index contributed by atoms with van der Waals surface area (Å²) in [4.78, 5) is -0.566. The monoisotopic (exact) mass is 417 g/mol. The third-order valence-electron chi connectivity index (χ3n) is 3.54. The third-order valence-corrected chi connectivity index (χ3v) is 6.11. The fraction of sp³-hybridized carbons (Fsp3) is 0.176. The molecule has 0 saturated heterocycles. The van der Waals surface area contributed by atoms with Crippen molar-refractivity contribution in [3.05, 3.63) is 70.8 Å². The molecule has 0 aliphatic carbocycles. The van der Waals surface area contributed by atoms with Crippen LogP contribution in [0.4, 0.5) is 13.2 Å². The average Bonchev–Trinajstić information content (AvgIpc) is 3.27. The highest BCUT2D eigenvalue weighted by molar-refractivity contribution is 7.89. The second kappa shape index (κ2) is 7.75. The van der Waals surface area contributed by atoms with Gasteiger partial charge in [0.2, 0.25) is 10.0 Å². The van der Waals surface area contributed by atoms with E-state index >= 15 is 0 Å². The molecule has 0 atom stereocenters. The van der Waals surface area contributed by atoms with Gasteiger partial charge in [-0.15, -0.1) is 13.2 Å². The van der Waals surface area contributed by atoms with Crippen molar-refractivity contribution in [1.29, 1.82) is 0 Å². The van der Waals surface area contributed by atoms with Gasteiger partial charge in [-0.05, 0) is 46.7 Å². The largest absolute Gasteiger partial charge is 0.573 e. The van der Waals surface area contributed by atoms with Gasteiger partial charge in [-0.3, -0.25) is 0 Å². The molecule has 3 aromatic rings. The Morgan fingerprint density at radius 3 is 2.48 bits per heavy atom. The second-order valence-electron chi connectivity index (χ2n) is 5.48. The van der Waals surface area contributed by atoms with E-state index in [1.807, 2.05) is 0 Å². The molecule has 0 amide bonds. The number of para-hydroxylation sites is 1. The van der Waals surface area contributed by atoms with Crippen molar-refractivity contribution in [1.82, 2.24) is 4.31 Å². The minimum Gasteiger partial charge on any atom is -0.468 e. The number of ether oxygens (including phenoxy) is 1. The molecule has 10 heteroatoms. The summed E-state index contributed by atoms with van der Waals surface area (Å²) in [5.41, 5.74) is 0.712. The smallest absolute Gasteiger partial charge is 0.468 e. The average molecular weight is 417 g/mol. The lowest BCUT2D eigenvalue weighted by Crippen LogP contribution is -2.31. The standard InChI is InChI=1S/C17H14F3NO4S2/c18-17(19,20)25-15-5-1-2-6-16(15)27(22,23)21(10-13-7-9-26-12-13)11-14-4-3-8-24-14/h1-9,12H,10-11H2. The molecule has 144 valence electrons. The molecule has 0 radical (unpaired) electrons. The first-order valence-electron chi connectivity index (χ1n) is 7.64. The van der Waals surface area contributed by atoms with Gasteiger partial charge in [0.25, 0.3) is 0 Å². The maximum atomic E-state index is 13.1. The molecule has 5 nitrogen and oxygen atoms in total. The van der Waals surface area contributed by atoms with Crippen LogP contribution in [0.15, 0.2) is 68.8 Å². The molecule has 0 aliphatic rings. The molecular formula is C17H14F3NO4S2. The summed E-state index contributed by atoms with van der Waals surface area (Å²) in [6.07, 6.45) is -3.61. The first-order valence-corrected chi connectivity index (χ1v) is 10.0. The van der Waals surface area contributed by atoms with Crippen molar-refractivity contribution in [2.24, 2.45) is 0 Å². The van der Waals surface area contributed by atoms with E-state index in [1.54, 1.807) is 29.0 Å². The van der Waals surface area contributed by atoms with Gasteiger partial charge in [0.1, 0.15) is 16.4 Å². The summed E-state index contributed by atoms with van der Waals surface area (Å²) >= 11 is 1.39. The molecule has 0 N–H and O–H groups in total. The van der Waals surface area contributed by atoms with Crippen molar-refractivity contribution < 1.29 is 30.7 Å². The van der Waals surface area contributed by atoms with Gasteiger partial charge >= 0.3 is 6.36 Å². The Morgan fingerprint density at radius 2 is 1.85 bits per heavy atom. The van der Waals surface area contributed by atoms with Crippen LogP contribution in [-0.4, -0.2) is 19.1 Å². The zero-order valence-electron chi connectivity index (χ0n) is 13.7. The highest BCUT2D eigenvalue weighted by Crippen LogP contribution is 2.32. The van der Waals surface area contributed by atoms with Gasteiger partial charge in [-0.2, -0.15) is 15.6 Å². The Morgan fingerprint density at radius 1 is 1.07 bits per heavy atom. The Kier molecular flexibility index (Phi) is 5.59. The van der Waals surface area contributed by atoms with Crippen LogP contribution >= 0.6 is 11.3 Å². The number of hydrogen-bond acceptors (Lipinski definition) is 5. The number of thiophene rings is 1. The molecule has 3 rings (SSSR count). The summed E-state index contributed by atoms with van der Waals surface area (Å²) in [6.45, 7) is -0.154. The number of rotatable bonds is 7. The Labute approximate surface area is 157 Å². The molecule has 0 bridgehead atoms. The van der Waals surface area contributed by atoms with Crippen LogP contribution in [0.2, 0.25) is 0 Å². The maximum Gasteiger partial charge on any atom is 0.573 e. The highest BCUT2D eigenvalue weighted by atomic mass is 32.2. The fourth-order valence-corrected chi connectivity index (χ4v) is 4.57. The van der Waals surface area contributed by atoms with E-state index in [0.717, 1.165) is 16.4 Å². The zero-order chi connectivity index (χ0) is 19.5. The van der Waals surface area contributed by atoms with E-state index in [2.05, 4.69) is 4.74 Å². The predicted octanol–water partition coefficient (Wildman–Crippen LogP) is 4.63. The topological polar surface area (TPSA) is 59.8 Å². The lowest BCUT2D eigenvalue weighted by molar-refractivity contribution is -0.275. The number of halogens is 3. The number of furan rings is 1. The maximum absolute atomic E-state index is 13.1. The summed E-state index contributed by atoms with van der Waals surface area (Å²) in [7, 11) is -4.30. The minimum absolute atomic E-state index is 0.0209. The molecule has 0 saturated carbocycles. The summed E-state index contributed by atoms with van der Waals surface area (Å²) < 4.78 is 74.5. The van der Waals surface area contributed by atoms with E-state index in [-0.39, 0.29) is 13.1 Å². The lowest BCUT2D eigenvalue weighted by atomic mass is 10.3. The van der Waals surface area contributed by atoms with Gasteiger partial charge in [-0.25, -0.2) is 8.42 Å². The number of alkyl halides is 3. The van der Waals surface area contributed by atoms with Crippen LogP contribution in [0.3, 0.4) is 0 Å². The Hall–Kier alpha value is -2.30. The van der Waals surface area contributed by atoms with E-state index in [4.69, 9.17) is 4.42 Å². The quantitative estimate of drug-likeness (QED) is 0.562. The van der Waals surface area contributed by atoms with Gasteiger partial charge < -0.3 is 9.15 Å². The second-order valence-corrected chi connectivity index (χ2v) is 8.16. The van der Waals surface area contributed by atoms with Gasteiger partial charge in [0, 0.05) is 6.54 Å². The molecule has 0 fully saturated rings. The molecule has 27 heavy (non-hydrogen) atoms. The lowest BCUT2D eigenvalue weighted by Gasteiger charge is -2.22. The van der Waals surface area contributed by atoms with Gasteiger partial charge in [0.15, 0.2) is 0 Å². The van der Waals surface area contributed by atoms with E-state index in [9.17, 15) is 21.6 Å². The van der Waals surface area contributed by atoms with E-state index in [0.29, 0.717) is 11.3 Å². The van der Waals surface area contributed by atoms with Gasteiger partial charge in [-0.1, -0.05) is 12.1 Å². The molecule has 0 unspecified atom stereocenters. The van der Waals surface area contributed by atoms with Crippen LogP contribution in [0.1, 0.15) is 11.3 Å². The van der Waals surface area contributed by atoms with Crippen LogP contribution < -0.4 is 4.74 Å². The van der Waals surface area contributed by atoms with Crippen molar-refractivity contribution in [2.45, 2.75) is 24.3 Å². The first kappa shape index (κ1) is 19.5. The van der Waals surface area contributed by atoms with Crippen LogP contribution in [-0.2, 0) is 23.1 Å². The molecule has 0 aliphatic heterocycles. The molecule has 2 aromatic heterocycles. The zero-order valence-corrected chi connectivity index (χ0v) is 15.4. The SMILES string of the molecule is O=S(=O)(c1ccccc1OC(F)(F)F)N(Cc1ccsc1)Cc1ccco1. The summed E-state index contributed by atoms with van der Waals surface area (Å²) in [6, 6.07) is 9.60. The van der Waals surface area contributed by atoms with Crippen molar-refractivity contribution in [2.75, 3.05) is 0 Å². The molecule has 2 heterocycles. The summed E-state index contributed by atoms with van der Waals surface area (Å²) in [5, 5.41) is 3.55. The number of hydrogen-bond donors (Lipinski definition) is 0. The number of nitrogens with zero attached hydrogens (tertiary/aromatic N) is 1. The van der Waals surface area contributed by atoms with E-state index in [1.165, 1.54) is 29.7 Å². The Balaban J connectivity index is 2.00. The first-order chi connectivity index (χ1) is 12.8. The molecular weight excluding hydrogens is 403 g/mol. The number of benzene rings is 1. The van der Waals surface area contributed by atoms with Crippen molar-refractivity contribution in [3.63, 3.8) is 0 Å². The fourth-order valence-electron chi connectivity index (χ4n) is 2.40. The normalized spacial score (nSPS) is 12.4. The van der Waals surface area contributed by atoms with Gasteiger partial charge in [0.05, 0.1) is 12.8 Å². The van der Waals surface area contributed by atoms with Crippen molar-refractivity contribution in [3.8, 4) is 5.75 Å². The number of sulfonamides is 1. The van der Waals surface area contributed by atoms with Crippen LogP contribution in [0.5, 0.6) is 5.75 Å².